The predicted octanol–water partition coefficient (Wildman–Crippen LogP) is 1.91. The Morgan fingerprint density at radius 1 is 1.58 bits per heavy atom. The zero-order valence-electron chi connectivity index (χ0n) is 11.2. The number of nitrogens with one attached hydrogen (secondary N) is 1. The van der Waals surface area contributed by atoms with Gasteiger partial charge in [-0.05, 0) is 18.6 Å². The van der Waals surface area contributed by atoms with Crippen LogP contribution in [0.15, 0.2) is 18.2 Å². The summed E-state index contributed by atoms with van der Waals surface area (Å²) in [7, 11) is 1.66. The van der Waals surface area contributed by atoms with Gasteiger partial charge < -0.3 is 19.9 Å². The quantitative estimate of drug-likeness (QED) is 0.851. The Balaban J connectivity index is 2.17. The van der Waals surface area contributed by atoms with Gasteiger partial charge in [0.05, 0.1) is 17.9 Å². The molecule has 0 radical (unpaired) electrons. The van der Waals surface area contributed by atoms with E-state index in [9.17, 15) is 9.90 Å². The van der Waals surface area contributed by atoms with Gasteiger partial charge in [-0.15, -0.1) is 0 Å². The number of rotatable bonds is 5. The van der Waals surface area contributed by atoms with Crippen molar-refractivity contribution in [2.24, 2.45) is 0 Å². The Bertz CT molecular complexity index is 467. The molecule has 5 heteroatoms. The van der Waals surface area contributed by atoms with E-state index < -0.39 is 5.97 Å². The zero-order chi connectivity index (χ0) is 13.9. The Labute approximate surface area is 112 Å². The number of ether oxygens (including phenoxy) is 2. The number of methoxy groups -OCH3 is 1. The number of aryl methyl sites for hydroxylation is 1. The molecule has 19 heavy (non-hydrogen) atoms. The molecule has 1 heterocycles. The van der Waals surface area contributed by atoms with E-state index in [4.69, 9.17) is 9.47 Å². The average molecular weight is 265 g/mol. The Hall–Kier alpha value is -1.59. The van der Waals surface area contributed by atoms with Crippen molar-refractivity contribution in [3.63, 3.8) is 0 Å². The molecule has 0 aliphatic carbocycles. The van der Waals surface area contributed by atoms with E-state index in [-0.39, 0.29) is 11.2 Å². The molecule has 0 bridgehead atoms. The predicted molar refractivity (Wildman–Crippen MR) is 71.8 cm³/mol. The van der Waals surface area contributed by atoms with Gasteiger partial charge in [0.25, 0.3) is 0 Å². The van der Waals surface area contributed by atoms with Crippen LogP contribution in [-0.4, -0.2) is 43.5 Å². The fourth-order valence-corrected chi connectivity index (χ4v) is 2.29. The summed E-state index contributed by atoms with van der Waals surface area (Å²) in [6.45, 7) is 3.63. The monoisotopic (exact) mass is 265 g/mol. The Kier molecular flexibility index (Phi) is 4.07. The van der Waals surface area contributed by atoms with Crippen LogP contribution in [-0.2, 0) is 9.47 Å². The molecule has 0 amide bonds. The number of anilines is 1. The highest BCUT2D eigenvalue weighted by molar-refractivity contribution is 5.95. The van der Waals surface area contributed by atoms with E-state index in [1.54, 1.807) is 19.2 Å². The molecule has 1 aromatic rings. The minimum absolute atomic E-state index is 0.283. The average Bonchev–Trinajstić information content (AvgIpc) is 2.86. The van der Waals surface area contributed by atoms with Gasteiger partial charge in [-0.1, -0.05) is 12.1 Å². The highest BCUT2D eigenvalue weighted by atomic mass is 16.5. The molecular weight excluding hydrogens is 246 g/mol. The van der Waals surface area contributed by atoms with Crippen molar-refractivity contribution in [1.29, 1.82) is 0 Å². The molecule has 0 spiro atoms. The number of carboxylic acids is 1. The number of hydrogen-bond donors (Lipinski definition) is 2. The smallest absolute Gasteiger partial charge is 0.337 e. The third-order valence-corrected chi connectivity index (χ3v) is 3.59. The molecule has 1 saturated heterocycles. The fourth-order valence-electron chi connectivity index (χ4n) is 2.29. The first kappa shape index (κ1) is 13.8. The molecule has 1 atom stereocenters. The maximum Gasteiger partial charge on any atom is 0.337 e. The fraction of sp³-hybridized carbons (Fsp3) is 0.500. The van der Waals surface area contributed by atoms with Crippen LogP contribution in [0.3, 0.4) is 0 Å². The number of para-hydroxylation sites is 1. The van der Waals surface area contributed by atoms with Crippen molar-refractivity contribution < 1.29 is 19.4 Å². The molecule has 0 aromatic heterocycles. The highest BCUT2D eigenvalue weighted by Crippen LogP contribution is 2.26. The van der Waals surface area contributed by atoms with E-state index in [0.29, 0.717) is 25.4 Å². The van der Waals surface area contributed by atoms with Crippen molar-refractivity contribution in [1.82, 2.24) is 0 Å². The lowest BCUT2D eigenvalue weighted by molar-refractivity contribution is -0.00622. The molecular formula is C14H19NO4. The molecule has 1 fully saturated rings. The summed E-state index contributed by atoms with van der Waals surface area (Å²) in [5, 5.41) is 12.4. The summed E-state index contributed by atoms with van der Waals surface area (Å²) in [6.07, 6.45) is 0.810. The van der Waals surface area contributed by atoms with E-state index in [0.717, 1.165) is 12.0 Å². The van der Waals surface area contributed by atoms with Crippen LogP contribution in [0.1, 0.15) is 22.3 Å². The van der Waals surface area contributed by atoms with Gasteiger partial charge in [0.1, 0.15) is 5.60 Å². The van der Waals surface area contributed by atoms with Crippen LogP contribution in [0, 0.1) is 6.92 Å². The SMILES string of the molecule is COC1(CNc2c(C)cccc2C(=O)O)CCOC1. The normalized spacial score (nSPS) is 22.4. The maximum absolute atomic E-state index is 11.2. The van der Waals surface area contributed by atoms with Gasteiger partial charge in [-0.3, -0.25) is 0 Å². The van der Waals surface area contributed by atoms with Crippen molar-refractivity contribution >= 4 is 11.7 Å². The number of carboxylic acid groups (broad SMARTS) is 1. The van der Waals surface area contributed by atoms with Gasteiger partial charge in [0.2, 0.25) is 0 Å². The molecule has 104 valence electrons. The van der Waals surface area contributed by atoms with Gasteiger partial charge in [-0.2, -0.15) is 0 Å². The number of benzene rings is 1. The largest absolute Gasteiger partial charge is 0.478 e. The third-order valence-electron chi connectivity index (χ3n) is 3.59. The molecule has 2 N–H and O–H groups in total. The second kappa shape index (κ2) is 5.59. The van der Waals surface area contributed by atoms with Gasteiger partial charge in [0.15, 0.2) is 0 Å². The van der Waals surface area contributed by atoms with Gasteiger partial charge >= 0.3 is 5.97 Å². The summed E-state index contributed by atoms with van der Waals surface area (Å²) >= 11 is 0. The molecule has 5 nitrogen and oxygen atoms in total. The summed E-state index contributed by atoms with van der Waals surface area (Å²) < 4.78 is 10.9. The molecule has 1 aliphatic rings. The van der Waals surface area contributed by atoms with Crippen molar-refractivity contribution in [2.45, 2.75) is 18.9 Å². The van der Waals surface area contributed by atoms with Crippen molar-refractivity contribution in [3.05, 3.63) is 29.3 Å². The lowest BCUT2D eigenvalue weighted by Gasteiger charge is -2.27. The standard InChI is InChI=1S/C14H19NO4/c1-10-4-3-5-11(13(16)17)12(10)15-8-14(18-2)6-7-19-9-14/h3-5,15H,6-9H2,1-2H3,(H,16,17). The lowest BCUT2D eigenvalue weighted by atomic mass is 10.0. The first-order valence-corrected chi connectivity index (χ1v) is 6.28. The first-order chi connectivity index (χ1) is 9.08. The third kappa shape index (κ3) is 2.88. The topological polar surface area (TPSA) is 67.8 Å². The molecule has 2 rings (SSSR count). The van der Waals surface area contributed by atoms with Crippen LogP contribution in [0.5, 0.6) is 0 Å². The van der Waals surface area contributed by atoms with Crippen LogP contribution in [0.2, 0.25) is 0 Å². The second-order valence-electron chi connectivity index (χ2n) is 4.85. The summed E-state index contributed by atoms with van der Waals surface area (Å²) in [4.78, 5) is 11.2. The number of aromatic carboxylic acids is 1. The van der Waals surface area contributed by atoms with Gasteiger partial charge in [0, 0.05) is 26.7 Å². The molecule has 1 aromatic carbocycles. The minimum Gasteiger partial charge on any atom is -0.478 e. The molecule has 1 aliphatic heterocycles. The molecule has 0 saturated carbocycles. The first-order valence-electron chi connectivity index (χ1n) is 6.28. The molecule has 1 unspecified atom stereocenters. The number of hydrogen-bond acceptors (Lipinski definition) is 4. The van der Waals surface area contributed by atoms with E-state index in [1.165, 1.54) is 0 Å². The highest BCUT2D eigenvalue weighted by Gasteiger charge is 2.35. The lowest BCUT2D eigenvalue weighted by Crippen LogP contribution is -2.40. The van der Waals surface area contributed by atoms with E-state index in [2.05, 4.69) is 5.32 Å². The van der Waals surface area contributed by atoms with Crippen molar-refractivity contribution in [2.75, 3.05) is 32.2 Å². The summed E-state index contributed by atoms with van der Waals surface area (Å²) in [6, 6.07) is 5.23. The second-order valence-corrected chi connectivity index (χ2v) is 4.85. The van der Waals surface area contributed by atoms with Crippen LogP contribution in [0.4, 0.5) is 5.69 Å². The van der Waals surface area contributed by atoms with Crippen LogP contribution >= 0.6 is 0 Å². The maximum atomic E-state index is 11.2. The zero-order valence-corrected chi connectivity index (χ0v) is 11.2. The Morgan fingerprint density at radius 2 is 2.37 bits per heavy atom. The van der Waals surface area contributed by atoms with Crippen LogP contribution in [0.25, 0.3) is 0 Å². The van der Waals surface area contributed by atoms with E-state index >= 15 is 0 Å². The van der Waals surface area contributed by atoms with Gasteiger partial charge in [-0.25, -0.2) is 4.79 Å². The van der Waals surface area contributed by atoms with E-state index in [1.807, 2.05) is 13.0 Å². The summed E-state index contributed by atoms with van der Waals surface area (Å²) in [5.41, 5.74) is 1.48. The summed E-state index contributed by atoms with van der Waals surface area (Å²) in [5.74, 6) is -0.930. The minimum atomic E-state index is -0.930. The van der Waals surface area contributed by atoms with Crippen molar-refractivity contribution in [3.8, 4) is 0 Å². The Morgan fingerprint density at radius 3 is 2.95 bits per heavy atom. The number of carbonyl (C=O) groups is 1. The van der Waals surface area contributed by atoms with Crippen LogP contribution < -0.4 is 5.32 Å².